The fourth-order valence-electron chi connectivity index (χ4n) is 1.70. The van der Waals surface area contributed by atoms with Gasteiger partial charge in [0, 0.05) is 10.7 Å². The average molecular weight is 290 g/mol. The lowest BCUT2D eigenvalue weighted by Gasteiger charge is -2.10. The van der Waals surface area contributed by atoms with E-state index in [0.29, 0.717) is 23.2 Å². The third-order valence-corrected chi connectivity index (χ3v) is 6.04. The van der Waals surface area contributed by atoms with Gasteiger partial charge in [0.25, 0.3) is 0 Å². The Hall–Kier alpha value is -0.560. The van der Waals surface area contributed by atoms with Gasteiger partial charge in [0.1, 0.15) is 0 Å². The summed E-state index contributed by atoms with van der Waals surface area (Å²) in [5.74, 6) is 2.44. The molecule has 1 atom stereocenters. The van der Waals surface area contributed by atoms with Crippen LogP contribution in [0.5, 0.6) is 0 Å². The molecule has 2 rings (SSSR count). The summed E-state index contributed by atoms with van der Waals surface area (Å²) in [5.41, 5.74) is -0.122. The highest BCUT2D eigenvalue weighted by Crippen LogP contribution is 2.27. The van der Waals surface area contributed by atoms with Gasteiger partial charge >= 0.3 is 0 Å². The Balaban J connectivity index is 1.90. The van der Waals surface area contributed by atoms with E-state index in [9.17, 15) is 8.42 Å². The zero-order chi connectivity index (χ0) is 13.4. The zero-order valence-electron chi connectivity index (χ0n) is 10.8. The summed E-state index contributed by atoms with van der Waals surface area (Å²) in [6.07, 6.45) is 0.729. The summed E-state index contributed by atoms with van der Waals surface area (Å²) >= 11 is 1.59. The van der Waals surface area contributed by atoms with Crippen molar-refractivity contribution in [3.8, 4) is 0 Å². The summed E-state index contributed by atoms with van der Waals surface area (Å²) in [4.78, 5) is 4.33. The fraction of sp³-hybridized carbons (Fsp3) is 0.818. The van der Waals surface area contributed by atoms with Crippen LogP contribution >= 0.6 is 11.8 Å². The molecule has 0 unspecified atom stereocenters. The lowest BCUT2D eigenvalue weighted by molar-refractivity contribution is 0.372. The summed E-state index contributed by atoms with van der Waals surface area (Å²) in [6, 6.07) is 0. The molecule has 1 aliphatic heterocycles. The quantitative estimate of drug-likeness (QED) is 0.845. The molecule has 102 valence electrons. The molecule has 0 saturated carbocycles. The average Bonchev–Trinajstić information content (AvgIpc) is 2.80. The SMILES string of the molecule is CC(C)(C)c1noc(CS[C@H]2CCS(=O)(=O)C2)n1. The Kier molecular flexibility index (Phi) is 3.73. The molecule has 0 aromatic carbocycles. The lowest BCUT2D eigenvalue weighted by atomic mass is 9.96. The van der Waals surface area contributed by atoms with Crippen molar-refractivity contribution in [2.75, 3.05) is 11.5 Å². The highest BCUT2D eigenvalue weighted by Gasteiger charge is 2.29. The van der Waals surface area contributed by atoms with Crippen LogP contribution in [-0.4, -0.2) is 35.3 Å². The first-order chi connectivity index (χ1) is 8.26. The topological polar surface area (TPSA) is 73.1 Å². The van der Waals surface area contributed by atoms with Crippen LogP contribution in [0.2, 0.25) is 0 Å². The van der Waals surface area contributed by atoms with Crippen LogP contribution < -0.4 is 0 Å². The first-order valence-electron chi connectivity index (χ1n) is 5.91. The van der Waals surface area contributed by atoms with Crippen LogP contribution in [0.3, 0.4) is 0 Å². The number of thioether (sulfide) groups is 1. The maximum absolute atomic E-state index is 11.3. The second-order valence-electron chi connectivity index (χ2n) is 5.60. The van der Waals surface area contributed by atoms with Gasteiger partial charge in [-0.15, -0.1) is 11.8 Å². The van der Waals surface area contributed by atoms with Crippen LogP contribution in [0.4, 0.5) is 0 Å². The fourth-order valence-corrected chi connectivity index (χ4v) is 5.18. The molecule has 0 bridgehead atoms. The normalized spacial score (nSPS) is 23.4. The maximum atomic E-state index is 11.3. The first kappa shape index (κ1) is 13.9. The van der Waals surface area contributed by atoms with Gasteiger partial charge < -0.3 is 4.52 Å². The second kappa shape index (κ2) is 4.85. The molecule has 0 spiro atoms. The molecule has 0 amide bonds. The standard InChI is InChI=1S/C11H18N2O3S2/c1-11(2,3)10-12-9(16-13-10)6-17-8-4-5-18(14,15)7-8/h8H,4-7H2,1-3H3/t8-/m0/s1. The molecule has 2 heterocycles. The third-order valence-electron chi connectivity index (χ3n) is 2.77. The molecule has 0 aliphatic carbocycles. The van der Waals surface area contributed by atoms with Crippen molar-refractivity contribution in [1.29, 1.82) is 0 Å². The number of hydrogen-bond donors (Lipinski definition) is 0. The molecule has 7 heteroatoms. The highest BCUT2D eigenvalue weighted by molar-refractivity contribution is 8.01. The van der Waals surface area contributed by atoms with Gasteiger partial charge in [0.05, 0.1) is 17.3 Å². The molecule has 0 N–H and O–H groups in total. The van der Waals surface area contributed by atoms with E-state index in [2.05, 4.69) is 10.1 Å². The molecular weight excluding hydrogens is 272 g/mol. The minimum absolute atomic E-state index is 0.122. The Morgan fingerprint density at radius 3 is 2.67 bits per heavy atom. The molecule has 5 nitrogen and oxygen atoms in total. The minimum atomic E-state index is -2.81. The van der Waals surface area contributed by atoms with Crippen LogP contribution in [0.15, 0.2) is 4.52 Å². The summed E-state index contributed by atoms with van der Waals surface area (Å²) < 4.78 is 27.8. The Bertz CT molecular complexity index is 517. The summed E-state index contributed by atoms with van der Waals surface area (Å²) in [5, 5.41) is 4.11. The number of aromatic nitrogens is 2. The predicted octanol–water partition coefficient (Wildman–Crippen LogP) is 1.79. The van der Waals surface area contributed by atoms with Gasteiger partial charge in [-0.2, -0.15) is 4.98 Å². The number of sulfone groups is 1. The van der Waals surface area contributed by atoms with Crippen molar-refractivity contribution in [1.82, 2.24) is 10.1 Å². The van der Waals surface area contributed by atoms with Crippen LogP contribution in [0.25, 0.3) is 0 Å². The van der Waals surface area contributed by atoms with E-state index >= 15 is 0 Å². The van der Waals surface area contributed by atoms with E-state index in [1.807, 2.05) is 20.8 Å². The molecule has 1 aliphatic rings. The smallest absolute Gasteiger partial charge is 0.236 e. The number of nitrogens with zero attached hydrogens (tertiary/aromatic N) is 2. The van der Waals surface area contributed by atoms with Gasteiger partial charge in [0.2, 0.25) is 5.89 Å². The Labute approximate surface area is 112 Å². The third kappa shape index (κ3) is 3.47. The Morgan fingerprint density at radius 2 is 2.17 bits per heavy atom. The van der Waals surface area contributed by atoms with Crippen molar-refractivity contribution in [3.63, 3.8) is 0 Å². The predicted molar refractivity (Wildman–Crippen MR) is 71.4 cm³/mol. The molecule has 1 fully saturated rings. The van der Waals surface area contributed by atoms with Gasteiger partial charge in [-0.25, -0.2) is 8.42 Å². The largest absolute Gasteiger partial charge is 0.338 e. The van der Waals surface area contributed by atoms with E-state index in [0.717, 1.165) is 6.42 Å². The van der Waals surface area contributed by atoms with E-state index < -0.39 is 9.84 Å². The van der Waals surface area contributed by atoms with E-state index in [1.54, 1.807) is 11.8 Å². The Morgan fingerprint density at radius 1 is 1.44 bits per heavy atom. The van der Waals surface area contributed by atoms with Crippen LogP contribution in [0.1, 0.15) is 38.9 Å². The molecular formula is C11H18N2O3S2. The minimum Gasteiger partial charge on any atom is -0.338 e. The monoisotopic (exact) mass is 290 g/mol. The van der Waals surface area contributed by atoms with Crippen molar-refractivity contribution in [2.24, 2.45) is 0 Å². The van der Waals surface area contributed by atoms with Crippen molar-refractivity contribution in [2.45, 2.75) is 43.6 Å². The van der Waals surface area contributed by atoms with Crippen molar-refractivity contribution >= 4 is 21.6 Å². The van der Waals surface area contributed by atoms with Crippen molar-refractivity contribution in [3.05, 3.63) is 11.7 Å². The van der Waals surface area contributed by atoms with Crippen molar-refractivity contribution < 1.29 is 12.9 Å². The summed E-state index contributed by atoms with van der Waals surface area (Å²) in [6.45, 7) is 6.08. The summed E-state index contributed by atoms with van der Waals surface area (Å²) in [7, 11) is -2.81. The van der Waals surface area contributed by atoms with Gasteiger partial charge in [0.15, 0.2) is 15.7 Å². The van der Waals surface area contributed by atoms with Crippen LogP contribution in [-0.2, 0) is 21.0 Å². The first-order valence-corrected chi connectivity index (χ1v) is 8.78. The van der Waals surface area contributed by atoms with E-state index in [-0.39, 0.29) is 16.4 Å². The molecule has 1 aromatic rings. The van der Waals surface area contributed by atoms with Crippen LogP contribution in [0, 0.1) is 0 Å². The zero-order valence-corrected chi connectivity index (χ0v) is 12.5. The van der Waals surface area contributed by atoms with E-state index in [1.165, 1.54) is 0 Å². The number of hydrogen-bond acceptors (Lipinski definition) is 6. The molecule has 0 radical (unpaired) electrons. The second-order valence-corrected chi connectivity index (χ2v) is 9.12. The molecule has 18 heavy (non-hydrogen) atoms. The number of rotatable bonds is 3. The van der Waals surface area contributed by atoms with E-state index in [4.69, 9.17) is 4.52 Å². The van der Waals surface area contributed by atoms with Gasteiger partial charge in [-0.3, -0.25) is 0 Å². The molecule has 1 aromatic heterocycles. The highest BCUT2D eigenvalue weighted by atomic mass is 32.2. The van der Waals surface area contributed by atoms with Gasteiger partial charge in [-0.1, -0.05) is 25.9 Å². The lowest BCUT2D eigenvalue weighted by Crippen LogP contribution is -2.13. The molecule has 1 saturated heterocycles. The van der Waals surface area contributed by atoms with Gasteiger partial charge in [-0.05, 0) is 6.42 Å². The maximum Gasteiger partial charge on any atom is 0.236 e.